The molecule has 2 N–H and O–H groups in total. The summed E-state index contributed by atoms with van der Waals surface area (Å²) in [6.45, 7) is 1.08. The molecular weight excluding hydrogens is 232 g/mol. The molecule has 0 saturated carbocycles. The Morgan fingerprint density at radius 3 is 2.88 bits per heavy atom. The molecule has 6 nitrogen and oxygen atoms in total. The third-order valence-electron chi connectivity index (χ3n) is 2.06. The Morgan fingerprint density at radius 2 is 2.31 bits per heavy atom. The highest BCUT2D eigenvalue weighted by molar-refractivity contribution is 7.94. The van der Waals surface area contributed by atoms with Crippen molar-refractivity contribution in [3.8, 4) is 0 Å². The van der Waals surface area contributed by atoms with Crippen LogP contribution in [0.1, 0.15) is 6.42 Å². The van der Waals surface area contributed by atoms with Crippen molar-refractivity contribution in [2.45, 2.75) is 12.5 Å². The summed E-state index contributed by atoms with van der Waals surface area (Å²) in [6.07, 6.45) is 2.20. The topological polar surface area (TPSA) is 84.5 Å². The molecule has 0 aromatic heterocycles. The molecule has 1 aliphatic rings. The molecule has 2 amide bonds. The Morgan fingerprint density at radius 1 is 1.56 bits per heavy atom. The van der Waals surface area contributed by atoms with Crippen LogP contribution >= 0.6 is 0 Å². The summed E-state index contributed by atoms with van der Waals surface area (Å²) in [7, 11) is -1.52. The van der Waals surface area contributed by atoms with Crippen molar-refractivity contribution in [3.05, 3.63) is 11.5 Å². The van der Waals surface area contributed by atoms with Crippen LogP contribution in [0.5, 0.6) is 0 Å². The molecule has 7 heteroatoms. The van der Waals surface area contributed by atoms with Crippen molar-refractivity contribution < 1.29 is 17.9 Å². The van der Waals surface area contributed by atoms with Crippen LogP contribution in [0.15, 0.2) is 11.5 Å². The number of sulfone groups is 1. The molecule has 1 atom stereocenters. The smallest absolute Gasteiger partial charge is 0.315 e. The molecule has 0 aromatic rings. The van der Waals surface area contributed by atoms with E-state index in [1.54, 1.807) is 7.11 Å². The Hall–Kier alpha value is -1.08. The second-order valence-corrected chi connectivity index (χ2v) is 5.44. The lowest BCUT2D eigenvalue weighted by molar-refractivity contribution is 0.193. The van der Waals surface area contributed by atoms with Crippen molar-refractivity contribution >= 4 is 15.9 Å². The Bertz CT molecular complexity index is 364. The minimum atomic E-state index is -3.11. The van der Waals surface area contributed by atoms with Gasteiger partial charge in [0.25, 0.3) is 0 Å². The minimum Gasteiger partial charge on any atom is -0.385 e. The van der Waals surface area contributed by atoms with Gasteiger partial charge in [-0.25, -0.2) is 13.2 Å². The predicted molar refractivity (Wildman–Crippen MR) is 59.7 cm³/mol. The summed E-state index contributed by atoms with van der Waals surface area (Å²) in [6, 6.07) is -0.782. The van der Waals surface area contributed by atoms with Crippen LogP contribution in [0.4, 0.5) is 4.79 Å². The fraction of sp³-hybridized carbons (Fsp3) is 0.667. The van der Waals surface area contributed by atoms with Crippen molar-refractivity contribution in [2.24, 2.45) is 0 Å². The number of nitrogens with one attached hydrogen (secondary N) is 2. The fourth-order valence-corrected chi connectivity index (χ4v) is 2.54. The number of hydrogen-bond donors (Lipinski definition) is 2. The molecule has 1 aliphatic heterocycles. The summed E-state index contributed by atoms with van der Waals surface area (Å²) in [5.41, 5.74) is 0. The van der Waals surface area contributed by atoms with E-state index in [4.69, 9.17) is 4.74 Å². The van der Waals surface area contributed by atoms with E-state index >= 15 is 0 Å². The Kier molecular flexibility index (Phi) is 4.75. The van der Waals surface area contributed by atoms with Gasteiger partial charge in [-0.15, -0.1) is 0 Å². The van der Waals surface area contributed by atoms with Crippen LogP contribution in [0.3, 0.4) is 0 Å². The molecule has 16 heavy (non-hydrogen) atoms. The Labute approximate surface area is 95.0 Å². The molecule has 0 fully saturated rings. The summed E-state index contributed by atoms with van der Waals surface area (Å²) >= 11 is 0. The van der Waals surface area contributed by atoms with Gasteiger partial charge in [0, 0.05) is 25.7 Å². The molecule has 0 aliphatic carbocycles. The largest absolute Gasteiger partial charge is 0.385 e. The summed E-state index contributed by atoms with van der Waals surface area (Å²) in [5, 5.41) is 6.30. The number of amides is 2. The first-order chi connectivity index (χ1) is 7.53. The average molecular weight is 248 g/mol. The van der Waals surface area contributed by atoms with E-state index in [2.05, 4.69) is 10.6 Å². The monoisotopic (exact) mass is 248 g/mol. The van der Waals surface area contributed by atoms with Gasteiger partial charge in [-0.05, 0) is 12.5 Å². The van der Waals surface area contributed by atoms with Crippen LogP contribution in [-0.4, -0.2) is 46.5 Å². The van der Waals surface area contributed by atoms with E-state index in [1.165, 1.54) is 6.08 Å². The highest BCUT2D eigenvalue weighted by atomic mass is 32.2. The van der Waals surface area contributed by atoms with Gasteiger partial charge in [-0.3, -0.25) is 0 Å². The molecule has 0 aromatic carbocycles. The molecular formula is C9H16N2O4S. The molecule has 0 spiro atoms. The van der Waals surface area contributed by atoms with Crippen molar-refractivity contribution in [3.63, 3.8) is 0 Å². The van der Waals surface area contributed by atoms with E-state index in [0.717, 1.165) is 11.8 Å². The van der Waals surface area contributed by atoms with Gasteiger partial charge in [-0.2, -0.15) is 0 Å². The zero-order valence-electron chi connectivity index (χ0n) is 9.10. The lowest BCUT2D eigenvalue weighted by atomic mass is 10.3. The molecule has 1 unspecified atom stereocenters. The van der Waals surface area contributed by atoms with Crippen LogP contribution in [0.2, 0.25) is 0 Å². The number of carbonyl (C=O) groups is 1. The maximum absolute atomic E-state index is 11.3. The Balaban J connectivity index is 2.18. The van der Waals surface area contributed by atoms with E-state index in [-0.39, 0.29) is 11.8 Å². The van der Waals surface area contributed by atoms with Gasteiger partial charge in [0.1, 0.15) is 0 Å². The molecule has 0 bridgehead atoms. The van der Waals surface area contributed by atoms with Gasteiger partial charge >= 0.3 is 6.03 Å². The summed E-state index contributed by atoms with van der Waals surface area (Å²) in [5.74, 6) is -0.0571. The van der Waals surface area contributed by atoms with Crippen LogP contribution in [-0.2, 0) is 14.6 Å². The molecule has 92 valence electrons. The maximum Gasteiger partial charge on any atom is 0.315 e. The van der Waals surface area contributed by atoms with E-state index < -0.39 is 15.9 Å². The van der Waals surface area contributed by atoms with Crippen LogP contribution in [0.25, 0.3) is 0 Å². The minimum absolute atomic E-state index is 0.0571. The summed E-state index contributed by atoms with van der Waals surface area (Å²) in [4.78, 5) is 11.3. The lowest BCUT2D eigenvalue weighted by Gasteiger charge is -2.10. The third-order valence-corrected chi connectivity index (χ3v) is 3.45. The maximum atomic E-state index is 11.3. The SMILES string of the molecule is COCCCNC(=O)NC1C=CS(=O)(=O)C1. The number of methoxy groups -OCH3 is 1. The van der Waals surface area contributed by atoms with Crippen molar-refractivity contribution in [2.75, 3.05) is 26.0 Å². The molecule has 0 saturated heterocycles. The van der Waals surface area contributed by atoms with Crippen molar-refractivity contribution in [1.29, 1.82) is 0 Å². The van der Waals surface area contributed by atoms with E-state index in [1.807, 2.05) is 0 Å². The highest BCUT2D eigenvalue weighted by Crippen LogP contribution is 2.07. The number of hydrogen-bond acceptors (Lipinski definition) is 4. The second kappa shape index (κ2) is 5.86. The quantitative estimate of drug-likeness (QED) is 0.650. The van der Waals surface area contributed by atoms with Gasteiger partial charge in [0.15, 0.2) is 9.84 Å². The predicted octanol–water partition coefficient (Wildman–Crippen LogP) is -0.367. The number of urea groups is 1. The van der Waals surface area contributed by atoms with Gasteiger partial charge in [0.05, 0.1) is 11.8 Å². The molecule has 1 heterocycles. The molecule has 1 rings (SSSR count). The van der Waals surface area contributed by atoms with E-state index in [9.17, 15) is 13.2 Å². The summed E-state index contributed by atoms with van der Waals surface area (Å²) < 4.78 is 26.9. The first kappa shape index (κ1) is 13.0. The zero-order chi connectivity index (χ0) is 12.0. The normalized spacial score (nSPS) is 21.9. The van der Waals surface area contributed by atoms with Gasteiger partial charge in [-0.1, -0.05) is 0 Å². The fourth-order valence-electron chi connectivity index (χ4n) is 1.30. The second-order valence-electron chi connectivity index (χ2n) is 3.51. The first-order valence-corrected chi connectivity index (χ1v) is 6.69. The highest BCUT2D eigenvalue weighted by Gasteiger charge is 2.22. The third kappa shape index (κ3) is 4.63. The number of rotatable bonds is 5. The molecule has 0 radical (unpaired) electrons. The van der Waals surface area contributed by atoms with Crippen LogP contribution < -0.4 is 10.6 Å². The number of ether oxygens (including phenoxy) is 1. The van der Waals surface area contributed by atoms with Gasteiger partial charge < -0.3 is 15.4 Å². The van der Waals surface area contributed by atoms with Gasteiger partial charge in [0.2, 0.25) is 0 Å². The first-order valence-electron chi connectivity index (χ1n) is 4.98. The number of carbonyl (C=O) groups excluding carboxylic acids is 1. The average Bonchev–Trinajstić information content (AvgIpc) is 2.53. The van der Waals surface area contributed by atoms with Crippen molar-refractivity contribution in [1.82, 2.24) is 10.6 Å². The van der Waals surface area contributed by atoms with Crippen LogP contribution in [0, 0.1) is 0 Å². The zero-order valence-corrected chi connectivity index (χ0v) is 9.92. The lowest BCUT2D eigenvalue weighted by Crippen LogP contribution is -2.42. The standard InChI is InChI=1S/C9H16N2O4S/c1-15-5-2-4-10-9(12)11-8-3-6-16(13,14)7-8/h3,6,8H,2,4-5,7H2,1H3,(H2,10,11,12). The van der Waals surface area contributed by atoms with E-state index in [0.29, 0.717) is 13.2 Å².